The molecule has 1 saturated heterocycles. The minimum Gasteiger partial charge on any atom is -0.399 e. The molecule has 1 aliphatic rings. The summed E-state index contributed by atoms with van der Waals surface area (Å²) in [5, 5.41) is 0. The van der Waals surface area contributed by atoms with E-state index in [9.17, 15) is 0 Å². The molecule has 0 saturated carbocycles. The van der Waals surface area contributed by atoms with Crippen LogP contribution in [0.4, 0.5) is 0 Å². The zero-order valence-corrected chi connectivity index (χ0v) is 26.6. The topological polar surface area (TPSA) is 18.5 Å². The van der Waals surface area contributed by atoms with Crippen molar-refractivity contribution in [3.05, 3.63) is 28.1 Å². The lowest BCUT2D eigenvalue weighted by atomic mass is 9.83. The predicted octanol–water partition coefficient (Wildman–Crippen LogP) is 10.1. The summed E-state index contributed by atoms with van der Waals surface area (Å²) in [5.74, 6) is 0. The lowest BCUT2D eigenvalue weighted by Crippen LogP contribution is -2.41. The summed E-state index contributed by atoms with van der Waals surface area (Å²) >= 11 is 4.00. The zero-order chi connectivity index (χ0) is 26.9. The SMILES string of the molecule is CCCCCCc1cc(CCCCCC)c(-c2cc(CCCCCC)c(B3OC(C)(C)C(C)(C)O3)s2)s1. The average Bonchev–Trinajstić information content (AvgIpc) is 3.51. The Morgan fingerprint density at radius 3 is 1.68 bits per heavy atom. The third-order valence-corrected chi connectivity index (χ3v) is 10.9. The maximum Gasteiger partial charge on any atom is 0.505 e. The summed E-state index contributed by atoms with van der Waals surface area (Å²) in [5.41, 5.74) is 2.41. The Bertz CT molecular complexity index is 927. The van der Waals surface area contributed by atoms with Crippen molar-refractivity contribution in [1.29, 1.82) is 0 Å². The summed E-state index contributed by atoms with van der Waals surface area (Å²) in [4.78, 5) is 4.53. The van der Waals surface area contributed by atoms with Gasteiger partial charge < -0.3 is 9.31 Å². The van der Waals surface area contributed by atoms with Crippen molar-refractivity contribution in [1.82, 2.24) is 0 Å². The van der Waals surface area contributed by atoms with Gasteiger partial charge in [0, 0.05) is 19.4 Å². The van der Waals surface area contributed by atoms with Crippen LogP contribution in [0.15, 0.2) is 12.1 Å². The Labute approximate surface area is 237 Å². The van der Waals surface area contributed by atoms with Crippen LogP contribution in [0, 0.1) is 0 Å². The van der Waals surface area contributed by atoms with E-state index in [4.69, 9.17) is 9.31 Å². The molecule has 2 aromatic heterocycles. The van der Waals surface area contributed by atoms with Crippen molar-refractivity contribution in [2.24, 2.45) is 0 Å². The highest BCUT2D eigenvalue weighted by Gasteiger charge is 2.52. The fraction of sp³-hybridized carbons (Fsp3) is 0.750. The predicted molar refractivity (Wildman–Crippen MR) is 167 cm³/mol. The Hall–Kier alpha value is -0.615. The molecule has 3 heterocycles. The first-order chi connectivity index (χ1) is 17.7. The number of thiophene rings is 2. The molecular formula is C32H53BO2S2. The van der Waals surface area contributed by atoms with E-state index in [0.717, 1.165) is 6.42 Å². The summed E-state index contributed by atoms with van der Waals surface area (Å²) in [7, 11) is -0.258. The lowest BCUT2D eigenvalue weighted by Gasteiger charge is -2.32. The van der Waals surface area contributed by atoms with Crippen molar-refractivity contribution < 1.29 is 9.31 Å². The number of hydrogen-bond donors (Lipinski definition) is 0. The molecule has 37 heavy (non-hydrogen) atoms. The smallest absolute Gasteiger partial charge is 0.399 e. The van der Waals surface area contributed by atoms with E-state index in [0.29, 0.717) is 0 Å². The highest BCUT2D eigenvalue weighted by atomic mass is 32.1. The van der Waals surface area contributed by atoms with Gasteiger partial charge in [0.05, 0.1) is 11.2 Å². The fourth-order valence-electron chi connectivity index (χ4n) is 5.11. The monoisotopic (exact) mass is 544 g/mol. The van der Waals surface area contributed by atoms with Crippen LogP contribution in [0.5, 0.6) is 0 Å². The van der Waals surface area contributed by atoms with Crippen LogP contribution in [-0.4, -0.2) is 18.3 Å². The molecule has 0 atom stereocenters. The van der Waals surface area contributed by atoms with Gasteiger partial charge in [-0.3, -0.25) is 0 Å². The van der Waals surface area contributed by atoms with Crippen molar-refractivity contribution in [3.63, 3.8) is 0 Å². The molecule has 0 N–H and O–H groups in total. The second-order valence-corrected chi connectivity index (χ2v) is 14.3. The first kappa shape index (κ1) is 30.9. The van der Waals surface area contributed by atoms with Crippen LogP contribution in [0.25, 0.3) is 9.75 Å². The number of rotatable bonds is 17. The highest BCUT2D eigenvalue weighted by Crippen LogP contribution is 2.41. The number of hydrogen-bond acceptors (Lipinski definition) is 4. The lowest BCUT2D eigenvalue weighted by molar-refractivity contribution is 0.00578. The summed E-state index contributed by atoms with van der Waals surface area (Å²) in [6.07, 6.45) is 19.3. The van der Waals surface area contributed by atoms with E-state index in [1.54, 1.807) is 10.4 Å². The molecule has 208 valence electrons. The van der Waals surface area contributed by atoms with Gasteiger partial charge in [0.2, 0.25) is 0 Å². The molecule has 5 heteroatoms. The third-order valence-electron chi connectivity index (χ3n) is 8.27. The second-order valence-electron chi connectivity index (χ2n) is 12.1. The van der Waals surface area contributed by atoms with E-state index in [2.05, 4.69) is 71.9 Å². The molecule has 3 rings (SSSR count). The van der Waals surface area contributed by atoms with Crippen molar-refractivity contribution in [2.75, 3.05) is 0 Å². The standard InChI is InChI=1S/C32H53BO2S2/c1-8-11-14-17-20-25-23-27(22-19-16-13-10-3)36-29(25)28-24-26(21-18-15-12-9-2)30(37-28)33-34-31(4,5)32(6,7)35-33/h23-24H,8-22H2,1-7H3. The minimum absolute atomic E-state index is 0.258. The van der Waals surface area contributed by atoms with Gasteiger partial charge >= 0.3 is 7.12 Å². The van der Waals surface area contributed by atoms with Crippen LogP contribution in [-0.2, 0) is 28.6 Å². The molecule has 1 aliphatic heterocycles. The number of aryl methyl sites for hydroxylation is 3. The fourth-order valence-corrected chi connectivity index (χ4v) is 7.67. The van der Waals surface area contributed by atoms with E-state index in [1.165, 1.54) is 110 Å². The average molecular weight is 545 g/mol. The van der Waals surface area contributed by atoms with Crippen molar-refractivity contribution in [2.45, 2.75) is 156 Å². The molecular weight excluding hydrogens is 491 g/mol. The molecule has 0 unspecified atom stereocenters. The molecule has 2 aromatic rings. The van der Waals surface area contributed by atoms with E-state index in [-0.39, 0.29) is 18.3 Å². The van der Waals surface area contributed by atoms with Gasteiger partial charge in [0.25, 0.3) is 0 Å². The molecule has 1 fully saturated rings. The molecule has 0 bridgehead atoms. The molecule has 0 amide bonds. The molecule has 0 aromatic carbocycles. The number of unbranched alkanes of at least 4 members (excludes halogenated alkanes) is 9. The third kappa shape index (κ3) is 8.43. The van der Waals surface area contributed by atoms with Crippen molar-refractivity contribution in [3.8, 4) is 9.75 Å². The Kier molecular flexibility index (Phi) is 12.3. The van der Waals surface area contributed by atoms with Gasteiger partial charge in [-0.15, -0.1) is 22.7 Å². The van der Waals surface area contributed by atoms with Gasteiger partial charge in [-0.25, -0.2) is 0 Å². The molecule has 0 aliphatic carbocycles. The summed E-state index contributed by atoms with van der Waals surface area (Å²) in [6, 6.07) is 5.05. The van der Waals surface area contributed by atoms with Gasteiger partial charge in [-0.05, 0) is 89.5 Å². The minimum atomic E-state index is -0.305. The first-order valence-corrected chi connectivity index (χ1v) is 17.0. The van der Waals surface area contributed by atoms with Crippen LogP contribution < -0.4 is 4.78 Å². The Balaban J connectivity index is 1.89. The van der Waals surface area contributed by atoms with Gasteiger partial charge in [-0.1, -0.05) is 78.6 Å². The summed E-state index contributed by atoms with van der Waals surface area (Å²) in [6.45, 7) is 15.6. The van der Waals surface area contributed by atoms with E-state index < -0.39 is 0 Å². The van der Waals surface area contributed by atoms with Crippen LogP contribution in [0.1, 0.15) is 142 Å². The Morgan fingerprint density at radius 1 is 0.622 bits per heavy atom. The molecule has 2 nitrogen and oxygen atoms in total. The van der Waals surface area contributed by atoms with E-state index in [1.807, 2.05) is 11.3 Å². The summed E-state index contributed by atoms with van der Waals surface area (Å²) < 4.78 is 14.4. The normalized spacial score (nSPS) is 16.7. The first-order valence-electron chi connectivity index (χ1n) is 15.3. The highest BCUT2D eigenvalue weighted by molar-refractivity contribution is 7.28. The van der Waals surface area contributed by atoms with E-state index >= 15 is 0 Å². The van der Waals surface area contributed by atoms with Crippen LogP contribution in [0.2, 0.25) is 0 Å². The molecule has 0 radical (unpaired) electrons. The maximum absolute atomic E-state index is 6.56. The van der Waals surface area contributed by atoms with Crippen molar-refractivity contribution >= 4 is 34.6 Å². The maximum atomic E-state index is 6.56. The van der Waals surface area contributed by atoms with Crippen LogP contribution >= 0.6 is 22.7 Å². The molecule has 0 spiro atoms. The van der Waals surface area contributed by atoms with Gasteiger partial charge in [0.1, 0.15) is 0 Å². The van der Waals surface area contributed by atoms with Gasteiger partial charge in [-0.2, -0.15) is 0 Å². The quantitative estimate of drug-likeness (QED) is 0.146. The van der Waals surface area contributed by atoms with Crippen LogP contribution in [0.3, 0.4) is 0 Å². The Morgan fingerprint density at radius 2 is 1.14 bits per heavy atom. The zero-order valence-electron chi connectivity index (χ0n) is 25.0. The largest absolute Gasteiger partial charge is 0.505 e. The van der Waals surface area contributed by atoms with Gasteiger partial charge in [0.15, 0.2) is 0 Å². The second kappa shape index (κ2) is 14.7.